The Morgan fingerprint density at radius 3 is 2.81 bits per heavy atom. The molecular weight excluding hydrogens is 199 g/mol. The van der Waals surface area contributed by atoms with Gasteiger partial charge in [-0.3, -0.25) is 9.88 Å². The Hall–Kier alpha value is -0.823. The molecule has 5 heteroatoms. The molecule has 1 aromatic heterocycles. The summed E-state index contributed by atoms with van der Waals surface area (Å²) in [5, 5.41) is 10.7. The molecule has 1 aromatic rings. The average molecular weight is 210 g/mol. The first kappa shape index (κ1) is 11.7. The Morgan fingerprint density at radius 1 is 1.44 bits per heavy atom. The number of aromatic nitrogens is 1. The Morgan fingerprint density at radius 2 is 2.19 bits per heavy atom. The summed E-state index contributed by atoms with van der Waals surface area (Å²) in [6, 6.07) is 2.39. The van der Waals surface area contributed by atoms with Gasteiger partial charge in [0.2, 0.25) is 0 Å². The topological polar surface area (TPSA) is 56.3 Å². The van der Waals surface area contributed by atoms with Crippen molar-refractivity contribution in [1.29, 1.82) is 0 Å². The number of carbonyl (C=O) groups is 1. The molecule has 0 amide bonds. The summed E-state index contributed by atoms with van der Waals surface area (Å²) in [6.07, 6.45) is 3.92. The third kappa shape index (κ3) is 2.01. The van der Waals surface area contributed by atoms with Gasteiger partial charge in [0.15, 0.2) is 0 Å². The smallest absolute Gasteiger partial charge is 0.545 e. The van der Waals surface area contributed by atoms with Gasteiger partial charge in [-0.15, -0.1) is 0 Å². The molecule has 0 radical (unpaired) electrons. The summed E-state index contributed by atoms with van der Waals surface area (Å²) < 4.78 is 0. The maximum atomic E-state index is 10.7. The van der Waals surface area contributed by atoms with Gasteiger partial charge in [-0.1, -0.05) is 0 Å². The van der Waals surface area contributed by atoms with Crippen molar-refractivity contribution in [3.05, 3.63) is 29.1 Å². The molecule has 0 atom stereocenters. The summed E-state index contributed by atoms with van der Waals surface area (Å²) >= 11 is 0. The van der Waals surface area contributed by atoms with Crippen LogP contribution in [-0.4, -0.2) is 21.9 Å². The van der Waals surface area contributed by atoms with E-state index in [2.05, 4.69) is 9.88 Å². The minimum absolute atomic E-state index is 0. The van der Waals surface area contributed by atoms with Crippen LogP contribution in [0, 0.1) is 0 Å². The first-order chi connectivity index (χ1) is 7.24. The normalized spacial score (nSPS) is 19.0. The van der Waals surface area contributed by atoms with Crippen molar-refractivity contribution in [2.24, 2.45) is 0 Å². The SMILES string of the molecule is O=C([O-])c1cnc2c(c1)CN(C1CC1)C2.[Li+]. The van der Waals surface area contributed by atoms with E-state index < -0.39 is 5.97 Å². The standard InChI is InChI=1S/C11H12N2O2.Li/c14-11(15)7-3-8-5-13(9-1-2-9)6-10(8)12-4-7;/h3-4,9H,1-2,5-6H2,(H,14,15);/q;+1/p-1. The molecule has 1 aliphatic carbocycles. The number of nitrogens with zero attached hydrogens (tertiary/aromatic N) is 2. The third-order valence-electron chi connectivity index (χ3n) is 3.09. The van der Waals surface area contributed by atoms with Gasteiger partial charge in [-0.25, -0.2) is 0 Å². The predicted molar refractivity (Wildman–Crippen MR) is 50.8 cm³/mol. The second-order valence-corrected chi connectivity index (χ2v) is 4.25. The molecule has 0 N–H and O–H groups in total. The van der Waals surface area contributed by atoms with E-state index in [1.54, 1.807) is 6.07 Å². The second-order valence-electron chi connectivity index (χ2n) is 4.25. The Kier molecular flexibility index (Phi) is 3.07. The molecular formula is C11H11LiN2O2. The first-order valence-corrected chi connectivity index (χ1v) is 5.17. The van der Waals surface area contributed by atoms with E-state index in [1.807, 2.05) is 0 Å². The van der Waals surface area contributed by atoms with E-state index in [-0.39, 0.29) is 24.4 Å². The van der Waals surface area contributed by atoms with E-state index in [1.165, 1.54) is 19.0 Å². The summed E-state index contributed by atoms with van der Waals surface area (Å²) in [5.74, 6) is -1.14. The molecule has 4 nitrogen and oxygen atoms in total. The van der Waals surface area contributed by atoms with E-state index in [4.69, 9.17) is 0 Å². The van der Waals surface area contributed by atoms with Crippen molar-refractivity contribution in [3.8, 4) is 0 Å². The Labute approximate surface area is 106 Å². The zero-order chi connectivity index (χ0) is 10.4. The third-order valence-corrected chi connectivity index (χ3v) is 3.09. The van der Waals surface area contributed by atoms with Gasteiger partial charge in [0, 0.05) is 30.9 Å². The van der Waals surface area contributed by atoms with Crippen LogP contribution in [0.5, 0.6) is 0 Å². The number of aromatic carboxylic acids is 1. The maximum absolute atomic E-state index is 10.7. The van der Waals surface area contributed by atoms with Crippen LogP contribution < -0.4 is 24.0 Å². The number of hydrogen-bond acceptors (Lipinski definition) is 4. The molecule has 0 aromatic carbocycles. The minimum Gasteiger partial charge on any atom is -0.545 e. The first-order valence-electron chi connectivity index (χ1n) is 5.17. The van der Waals surface area contributed by atoms with Gasteiger partial charge in [-0.05, 0) is 24.5 Å². The fourth-order valence-corrected chi connectivity index (χ4v) is 2.09. The fourth-order valence-electron chi connectivity index (χ4n) is 2.09. The summed E-state index contributed by atoms with van der Waals surface area (Å²) in [5.41, 5.74) is 2.25. The van der Waals surface area contributed by atoms with Crippen molar-refractivity contribution in [1.82, 2.24) is 9.88 Å². The zero-order valence-electron chi connectivity index (χ0n) is 9.27. The van der Waals surface area contributed by atoms with Crippen LogP contribution in [-0.2, 0) is 13.1 Å². The molecule has 1 fully saturated rings. The molecule has 0 saturated heterocycles. The fraction of sp³-hybridized carbons (Fsp3) is 0.455. The van der Waals surface area contributed by atoms with E-state index in [0.717, 1.165) is 24.3 Å². The molecule has 1 saturated carbocycles. The monoisotopic (exact) mass is 210 g/mol. The van der Waals surface area contributed by atoms with Gasteiger partial charge < -0.3 is 9.90 Å². The summed E-state index contributed by atoms with van der Waals surface area (Å²) in [6.45, 7) is 1.71. The molecule has 3 rings (SSSR count). The van der Waals surface area contributed by atoms with Crippen molar-refractivity contribution in [2.45, 2.75) is 32.0 Å². The molecule has 1 aliphatic heterocycles. The quantitative estimate of drug-likeness (QED) is 0.486. The van der Waals surface area contributed by atoms with Gasteiger partial charge in [-0.2, -0.15) is 0 Å². The Bertz CT molecular complexity index is 432. The molecule has 2 aliphatic rings. The number of hydrogen-bond donors (Lipinski definition) is 0. The van der Waals surface area contributed by atoms with E-state index in [0.29, 0.717) is 6.04 Å². The van der Waals surface area contributed by atoms with E-state index >= 15 is 0 Å². The average Bonchev–Trinajstić information content (AvgIpc) is 2.97. The van der Waals surface area contributed by atoms with Crippen LogP contribution in [0.1, 0.15) is 34.5 Å². The molecule has 0 unspecified atom stereocenters. The Balaban J connectivity index is 0.000000963. The van der Waals surface area contributed by atoms with Gasteiger partial charge >= 0.3 is 18.9 Å². The van der Waals surface area contributed by atoms with Crippen LogP contribution in [0.15, 0.2) is 12.3 Å². The van der Waals surface area contributed by atoms with Crippen molar-refractivity contribution in [3.63, 3.8) is 0 Å². The minimum atomic E-state index is -1.14. The number of carboxylic acids is 1. The molecule has 0 bridgehead atoms. The molecule has 78 valence electrons. The van der Waals surface area contributed by atoms with Crippen LogP contribution >= 0.6 is 0 Å². The maximum Gasteiger partial charge on any atom is 1.00 e. The largest absolute Gasteiger partial charge is 1.00 e. The van der Waals surface area contributed by atoms with Gasteiger partial charge in [0.25, 0.3) is 0 Å². The number of rotatable bonds is 2. The van der Waals surface area contributed by atoms with Crippen LogP contribution in [0.2, 0.25) is 0 Å². The van der Waals surface area contributed by atoms with Crippen LogP contribution in [0.4, 0.5) is 0 Å². The molecule has 16 heavy (non-hydrogen) atoms. The van der Waals surface area contributed by atoms with Crippen molar-refractivity contribution < 1.29 is 28.8 Å². The van der Waals surface area contributed by atoms with E-state index in [9.17, 15) is 9.90 Å². The predicted octanol–water partition coefficient (Wildman–Crippen LogP) is -3.07. The summed E-state index contributed by atoms with van der Waals surface area (Å²) in [4.78, 5) is 17.2. The summed E-state index contributed by atoms with van der Waals surface area (Å²) in [7, 11) is 0. The van der Waals surface area contributed by atoms with Crippen LogP contribution in [0.3, 0.4) is 0 Å². The van der Waals surface area contributed by atoms with Crippen molar-refractivity contribution in [2.75, 3.05) is 0 Å². The van der Waals surface area contributed by atoms with Gasteiger partial charge in [0.1, 0.15) is 0 Å². The number of pyridine rings is 1. The number of fused-ring (bicyclic) bond motifs is 1. The zero-order valence-corrected chi connectivity index (χ0v) is 9.27. The van der Waals surface area contributed by atoms with Crippen molar-refractivity contribution >= 4 is 5.97 Å². The second kappa shape index (κ2) is 4.21. The van der Waals surface area contributed by atoms with Gasteiger partial charge in [0.05, 0.1) is 11.7 Å². The molecule has 2 heterocycles. The number of carbonyl (C=O) groups excluding carboxylic acids is 1. The number of carboxylic acid groups (broad SMARTS) is 1. The molecule has 0 spiro atoms. The van der Waals surface area contributed by atoms with Crippen LogP contribution in [0.25, 0.3) is 0 Å².